The molecule has 1 saturated heterocycles. The summed E-state index contributed by atoms with van der Waals surface area (Å²) >= 11 is 6.05. The topological polar surface area (TPSA) is 105 Å². The maximum Gasteiger partial charge on any atom is 0.342 e. The number of likely N-dealkylation sites (tertiary alicyclic amines) is 1. The number of halogens is 1. The number of aldehydes is 2. The number of nitroso groups, excluding NO2 is 1. The Labute approximate surface area is 208 Å². The lowest BCUT2D eigenvalue weighted by Crippen LogP contribution is -2.48. The molecule has 1 aliphatic heterocycles. The molecule has 0 unspecified atom stereocenters. The van der Waals surface area contributed by atoms with Crippen LogP contribution in [0.2, 0.25) is 0 Å². The highest BCUT2D eigenvalue weighted by molar-refractivity contribution is 6.31. The molecule has 1 fully saturated rings. The van der Waals surface area contributed by atoms with E-state index in [1.54, 1.807) is 35.0 Å². The standard InChI is InChI=1S/C25H24ClN5O4/c1-3-5-20(26)6-4-7-22-16-23(27-31(22)21-10-8-19(17-32)9-11-21)25(18-33)12-14-30(15-13-25)24(34)29(2)28-35/h1,4-6,8-11,16-18H,7,12-15H2,2H3/b6-4-,20-5+. The molecule has 2 heterocycles. The van der Waals surface area contributed by atoms with Crippen molar-refractivity contribution < 1.29 is 14.4 Å². The van der Waals surface area contributed by atoms with Gasteiger partial charge in [0.05, 0.1) is 22.1 Å². The largest absolute Gasteiger partial charge is 0.342 e. The number of hydrogen-bond donors (Lipinski definition) is 0. The van der Waals surface area contributed by atoms with Crippen molar-refractivity contribution in [2.24, 2.45) is 5.29 Å². The molecule has 0 aliphatic carbocycles. The van der Waals surface area contributed by atoms with Gasteiger partial charge in [0.2, 0.25) is 0 Å². The fourth-order valence-electron chi connectivity index (χ4n) is 3.92. The van der Waals surface area contributed by atoms with E-state index in [2.05, 4.69) is 11.2 Å². The monoisotopic (exact) mass is 493 g/mol. The van der Waals surface area contributed by atoms with Crippen LogP contribution in [0.25, 0.3) is 5.69 Å². The lowest BCUT2D eigenvalue weighted by molar-refractivity contribution is -0.114. The SMILES string of the molecule is C#C/C=C(Cl)\C=C/Cc1cc(C2(C=O)CCN(C(=O)N(C)N=O)CC2)nn1-c1ccc(C=O)cc1. The van der Waals surface area contributed by atoms with Crippen LogP contribution in [0.4, 0.5) is 4.79 Å². The summed E-state index contributed by atoms with van der Waals surface area (Å²) in [6, 6.07) is 8.27. The number of rotatable bonds is 8. The molecule has 2 amide bonds. The van der Waals surface area contributed by atoms with Crippen LogP contribution in [0, 0.1) is 17.3 Å². The number of allylic oxidation sites excluding steroid dienone is 4. The molecule has 1 aromatic carbocycles. The van der Waals surface area contributed by atoms with Crippen LogP contribution >= 0.6 is 11.6 Å². The molecule has 2 aromatic rings. The lowest BCUT2D eigenvalue weighted by atomic mass is 9.77. The predicted molar refractivity (Wildman–Crippen MR) is 132 cm³/mol. The highest BCUT2D eigenvalue weighted by atomic mass is 35.5. The van der Waals surface area contributed by atoms with E-state index in [0.29, 0.717) is 35.6 Å². The van der Waals surface area contributed by atoms with Crippen LogP contribution < -0.4 is 0 Å². The van der Waals surface area contributed by atoms with Crippen molar-refractivity contribution in [3.05, 3.63) is 75.5 Å². The minimum absolute atomic E-state index is 0.278. The van der Waals surface area contributed by atoms with Gasteiger partial charge in [-0.3, -0.25) is 4.79 Å². The highest BCUT2D eigenvalue weighted by Crippen LogP contribution is 2.34. The first-order valence-corrected chi connectivity index (χ1v) is 11.2. The minimum atomic E-state index is -0.891. The smallest absolute Gasteiger partial charge is 0.323 e. The van der Waals surface area contributed by atoms with Gasteiger partial charge >= 0.3 is 6.03 Å². The molecular weight excluding hydrogens is 470 g/mol. The summed E-state index contributed by atoms with van der Waals surface area (Å²) in [4.78, 5) is 47.8. The summed E-state index contributed by atoms with van der Waals surface area (Å²) in [6.07, 6.45) is 13.0. The fourth-order valence-corrected chi connectivity index (χ4v) is 4.07. The number of piperidine rings is 1. The Bertz CT molecular complexity index is 1200. The van der Waals surface area contributed by atoms with Gasteiger partial charge < -0.3 is 9.69 Å². The molecule has 180 valence electrons. The molecule has 10 heteroatoms. The Morgan fingerprint density at radius 3 is 2.54 bits per heavy atom. The van der Waals surface area contributed by atoms with Gasteiger partial charge in [-0.15, -0.1) is 11.3 Å². The summed E-state index contributed by atoms with van der Waals surface area (Å²) in [5, 5.41) is 8.54. The quantitative estimate of drug-likeness (QED) is 0.183. The normalized spacial score (nSPS) is 15.5. The van der Waals surface area contributed by atoms with Crippen molar-refractivity contribution in [3.8, 4) is 18.0 Å². The molecule has 0 radical (unpaired) electrons. The van der Waals surface area contributed by atoms with E-state index in [0.717, 1.165) is 29.0 Å². The maximum absolute atomic E-state index is 12.3. The number of nitrogens with zero attached hydrogens (tertiary/aromatic N) is 5. The van der Waals surface area contributed by atoms with Crippen LogP contribution in [0.15, 0.2) is 58.9 Å². The van der Waals surface area contributed by atoms with Gasteiger partial charge in [-0.2, -0.15) is 10.1 Å². The van der Waals surface area contributed by atoms with Crippen LogP contribution in [-0.4, -0.2) is 58.4 Å². The van der Waals surface area contributed by atoms with E-state index >= 15 is 0 Å². The first-order valence-electron chi connectivity index (χ1n) is 10.8. The number of carbonyl (C=O) groups excluding carboxylic acids is 3. The van der Waals surface area contributed by atoms with Crippen molar-refractivity contribution >= 4 is 30.2 Å². The molecule has 9 nitrogen and oxygen atoms in total. The first kappa shape index (κ1) is 25.6. The van der Waals surface area contributed by atoms with E-state index in [1.807, 2.05) is 12.1 Å². The summed E-state index contributed by atoms with van der Waals surface area (Å²) < 4.78 is 1.72. The second kappa shape index (κ2) is 11.4. The average Bonchev–Trinajstić information content (AvgIpc) is 3.32. The van der Waals surface area contributed by atoms with Gasteiger partial charge in [-0.05, 0) is 49.2 Å². The van der Waals surface area contributed by atoms with Crippen molar-refractivity contribution in [1.29, 1.82) is 0 Å². The van der Waals surface area contributed by atoms with Crippen molar-refractivity contribution in [1.82, 2.24) is 19.7 Å². The number of urea groups is 1. The molecule has 0 spiro atoms. The van der Waals surface area contributed by atoms with E-state index in [4.69, 9.17) is 23.1 Å². The third kappa shape index (κ3) is 5.73. The summed E-state index contributed by atoms with van der Waals surface area (Å²) in [5.41, 5.74) is 1.74. The van der Waals surface area contributed by atoms with E-state index < -0.39 is 11.4 Å². The zero-order valence-corrected chi connectivity index (χ0v) is 19.9. The zero-order chi connectivity index (χ0) is 25.4. The average molecular weight is 494 g/mol. The van der Waals surface area contributed by atoms with E-state index in [9.17, 15) is 19.3 Å². The molecule has 0 N–H and O–H groups in total. The fraction of sp³-hybridized carbons (Fsp3) is 0.280. The Morgan fingerprint density at radius 2 is 1.97 bits per heavy atom. The number of terminal acetylenes is 1. The van der Waals surface area contributed by atoms with Crippen LogP contribution in [-0.2, 0) is 16.6 Å². The molecular formula is C25H24ClN5O4. The molecule has 0 atom stereocenters. The third-order valence-corrected chi connectivity index (χ3v) is 6.18. The molecule has 1 aromatic heterocycles. The van der Waals surface area contributed by atoms with Gasteiger partial charge in [-0.25, -0.2) is 9.48 Å². The van der Waals surface area contributed by atoms with Gasteiger partial charge in [0.15, 0.2) is 0 Å². The molecule has 35 heavy (non-hydrogen) atoms. The van der Waals surface area contributed by atoms with E-state index in [-0.39, 0.29) is 13.1 Å². The van der Waals surface area contributed by atoms with Crippen LogP contribution in [0.1, 0.15) is 34.6 Å². The first-order chi connectivity index (χ1) is 16.9. The minimum Gasteiger partial charge on any atom is -0.323 e. The molecule has 0 saturated carbocycles. The zero-order valence-electron chi connectivity index (χ0n) is 19.1. The maximum atomic E-state index is 12.3. The number of amides is 2. The van der Waals surface area contributed by atoms with Crippen molar-refractivity contribution in [3.63, 3.8) is 0 Å². The number of hydrogen-bond acceptors (Lipinski definition) is 6. The second-order valence-corrected chi connectivity index (χ2v) is 8.53. The predicted octanol–water partition coefficient (Wildman–Crippen LogP) is 3.81. The summed E-state index contributed by atoms with van der Waals surface area (Å²) in [7, 11) is 1.29. The third-order valence-electron chi connectivity index (χ3n) is 5.94. The van der Waals surface area contributed by atoms with Crippen LogP contribution in [0.3, 0.4) is 0 Å². The lowest BCUT2D eigenvalue weighted by Gasteiger charge is -2.37. The summed E-state index contributed by atoms with van der Waals surface area (Å²) in [6.45, 7) is 0.556. The summed E-state index contributed by atoms with van der Waals surface area (Å²) in [5.74, 6) is 2.36. The molecule has 1 aliphatic rings. The number of benzene rings is 1. The van der Waals surface area contributed by atoms with Gasteiger partial charge in [0, 0.05) is 48.9 Å². The molecule has 0 bridgehead atoms. The highest BCUT2D eigenvalue weighted by Gasteiger charge is 2.40. The van der Waals surface area contributed by atoms with Gasteiger partial charge in [0.1, 0.15) is 12.6 Å². The van der Waals surface area contributed by atoms with Crippen LogP contribution in [0.5, 0.6) is 0 Å². The van der Waals surface area contributed by atoms with Crippen molar-refractivity contribution in [2.45, 2.75) is 24.7 Å². The molecule has 3 rings (SSSR count). The number of carbonyl (C=O) groups is 3. The Kier molecular flexibility index (Phi) is 8.34. The Hall–Kier alpha value is -4.03. The number of aromatic nitrogens is 2. The van der Waals surface area contributed by atoms with Gasteiger partial charge in [0.25, 0.3) is 0 Å². The Morgan fingerprint density at radius 1 is 1.29 bits per heavy atom. The van der Waals surface area contributed by atoms with E-state index in [1.165, 1.54) is 18.0 Å². The van der Waals surface area contributed by atoms with Gasteiger partial charge in [-0.1, -0.05) is 23.6 Å². The second-order valence-electron chi connectivity index (χ2n) is 8.09. The van der Waals surface area contributed by atoms with Crippen molar-refractivity contribution in [2.75, 3.05) is 20.1 Å². The Balaban J connectivity index is 1.94.